The molecule has 1 aliphatic rings. The summed E-state index contributed by atoms with van der Waals surface area (Å²) < 4.78 is 1.39. The zero-order valence-electron chi connectivity index (χ0n) is 17.7. The van der Waals surface area contributed by atoms with Crippen LogP contribution >= 0.6 is 0 Å². The van der Waals surface area contributed by atoms with E-state index in [0.717, 1.165) is 40.9 Å². The first kappa shape index (κ1) is 20.3. The van der Waals surface area contributed by atoms with Gasteiger partial charge in [0.1, 0.15) is 0 Å². The summed E-state index contributed by atoms with van der Waals surface area (Å²) in [5, 5.41) is 9.11. The smallest absolute Gasteiger partial charge is 0.275 e. The van der Waals surface area contributed by atoms with Crippen molar-refractivity contribution in [3.63, 3.8) is 0 Å². The molecule has 0 bridgehead atoms. The Kier molecular flexibility index (Phi) is 5.95. The summed E-state index contributed by atoms with van der Waals surface area (Å²) >= 11 is 0. The van der Waals surface area contributed by atoms with Gasteiger partial charge in [0.25, 0.3) is 11.5 Å². The normalized spacial score (nSPS) is 14.7. The van der Waals surface area contributed by atoms with Crippen LogP contribution < -0.4 is 15.8 Å². The molecule has 1 aromatic heterocycles. The minimum Gasteiger partial charge on any atom is -0.347 e. The van der Waals surface area contributed by atoms with E-state index in [4.69, 9.17) is 0 Å². The number of quaternary nitrogens is 1. The second-order valence-corrected chi connectivity index (χ2v) is 8.23. The van der Waals surface area contributed by atoms with Gasteiger partial charge < -0.3 is 10.2 Å². The van der Waals surface area contributed by atoms with Gasteiger partial charge in [0.2, 0.25) is 0 Å². The summed E-state index contributed by atoms with van der Waals surface area (Å²) in [7, 11) is 1.68. The number of amides is 1. The van der Waals surface area contributed by atoms with Gasteiger partial charge in [0.05, 0.1) is 24.2 Å². The van der Waals surface area contributed by atoms with Crippen LogP contribution in [0.5, 0.6) is 0 Å². The first-order valence-electron chi connectivity index (χ1n) is 10.7. The molecule has 0 aliphatic carbocycles. The molecule has 4 rings (SSSR count). The Bertz CT molecular complexity index is 1130. The van der Waals surface area contributed by atoms with Crippen molar-refractivity contribution in [1.82, 2.24) is 15.1 Å². The minimum atomic E-state index is -0.103. The number of hydrogen-bond acceptors (Lipinski definition) is 3. The molecule has 2 aromatic carbocycles. The van der Waals surface area contributed by atoms with Crippen molar-refractivity contribution >= 4 is 16.7 Å². The lowest BCUT2D eigenvalue weighted by atomic mass is 10.00. The summed E-state index contributed by atoms with van der Waals surface area (Å²) in [6.07, 6.45) is 3.71. The number of nitrogens with one attached hydrogen (secondary N) is 2. The van der Waals surface area contributed by atoms with Crippen molar-refractivity contribution in [3.8, 4) is 11.3 Å². The van der Waals surface area contributed by atoms with Gasteiger partial charge in [-0.1, -0.05) is 30.3 Å². The number of fused-ring (bicyclic) bond motifs is 1. The molecule has 30 heavy (non-hydrogen) atoms. The molecule has 6 nitrogen and oxygen atoms in total. The number of benzene rings is 2. The molecule has 0 spiro atoms. The molecule has 0 unspecified atom stereocenters. The number of nitrogens with zero attached hydrogens (tertiary/aromatic N) is 2. The van der Waals surface area contributed by atoms with Gasteiger partial charge in [-0.15, -0.1) is 0 Å². The van der Waals surface area contributed by atoms with Gasteiger partial charge in [0, 0.05) is 24.5 Å². The number of rotatable bonds is 5. The first-order valence-corrected chi connectivity index (χ1v) is 10.7. The molecule has 6 heteroatoms. The molecule has 0 saturated carbocycles. The van der Waals surface area contributed by atoms with Crippen LogP contribution in [0.1, 0.15) is 30.4 Å². The fraction of sp³-hybridized carbons (Fsp3) is 0.375. The molecule has 1 fully saturated rings. The zero-order valence-corrected chi connectivity index (χ0v) is 17.7. The molecule has 2 N–H and O–H groups in total. The number of piperidine rings is 1. The number of hydrogen-bond donors (Lipinski definition) is 2. The van der Waals surface area contributed by atoms with E-state index in [1.807, 2.05) is 43.3 Å². The molecule has 156 valence electrons. The standard InChI is InChI=1S/C24H28N4O2/c1-17-10-11-18(23-20-8-4-5-9-21(20)24(30)27(2)26-23)14-19(17)15-25-22(29)16-28-12-6-3-7-13-28/h4-5,8-11,14H,3,6-7,12-13,15-16H2,1-2H3,(H,25,29)/p+1. The van der Waals surface area contributed by atoms with Crippen molar-refractivity contribution < 1.29 is 9.69 Å². The lowest BCUT2D eigenvalue weighted by Crippen LogP contribution is -3.13. The fourth-order valence-electron chi connectivity index (χ4n) is 4.23. The van der Waals surface area contributed by atoms with Crippen LogP contribution in [0.2, 0.25) is 0 Å². The molecule has 1 amide bonds. The number of carbonyl (C=O) groups excluding carboxylic acids is 1. The van der Waals surface area contributed by atoms with E-state index in [0.29, 0.717) is 18.5 Å². The highest BCUT2D eigenvalue weighted by Gasteiger charge is 2.17. The number of aromatic nitrogens is 2. The van der Waals surface area contributed by atoms with Gasteiger partial charge in [-0.25, -0.2) is 4.68 Å². The van der Waals surface area contributed by atoms with Crippen LogP contribution in [0.4, 0.5) is 0 Å². The maximum absolute atomic E-state index is 12.4. The topological polar surface area (TPSA) is 68.4 Å². The average molecular weight is 406 g/mol. The Morgan fingerprint density at radius 2 is 1.83 bits per heavy atom. The molecule has 0 radical (unpaired) electrons. The monoisotopic (exact) mass is 405 g/mol. The van der Waals surface area contributed by atoms with Crippen molar-refractivity contribution in [1.29, 1.82) is 0 Å². The van der Waals surface area contributed by atoms with Crippen LogP contribution in [0.3, 0.4) is 0 Å². The minimum absolute atomic E-state index is 0.0994. The van der Waals surface area contributed by atoms with Crippen molar-refractivity contribution in [2.24, 2.45) is 7.05 Å². The highest BCUT2D eigenvalue weighted by atomic mass is 16.2. The predicted molar refractivity (Wildman–Crippen MR) is 118 cm³/mol. The van der Waals surface area contributed by atoms with Crippen molar-refractivity contribution in [3.05, 3.63) is 63.9 Å². The van der Waals surface area contributed by atoms with E-state index in [1.54, 1.807) is 7.05 Å². The Morgan fingerprint density at radius 3 is 2.60 bits per heavy atom. The fourth-order valence-corrected chi connectivity index (χ4v) is 4.23. The average Bonchev–Trinajstić information content (AvgIpc) is 2.76. The van der Waals surface area contributed by atoms with Crippen LogP contribution in [-0.2, 0) is 18.4 Å². The Hall–Kier alpha value is -2.99. The predicted octanol–water partition coefficient (Wildman–Crippen LogP) is 1.59. The van der Waals surface area contributed by atoms with Gasteiger partial charge in [0.15, 0.2) is 6.54 Å². The number of carbonyl (C=O) groups is 1. The molecular formula is C24H29N4O2+. The molecule has 0 atom stereocenters. The van der Waals surface area contributed by atoms with Crippen LogP contribution in [0, 0.1) is 6.92 Å². The molecule has 2 heterocycles. The largest absolute Gasteiger partial charge is 0.347 e. The van der Waals surface area contributed by atoms with Gasteiger partial charge in [-0.2, -0.15) is 5.10 Å². The zero-order chi connectivity index (χ0) is 21.1. The van der Waals surface area contributed by atoms with Crippen LogP contribution in [0.25, 0.3) is 22.0 Å². The van der Waals surface area contributed by atoms with E-state index in [-0.39, 0.29) is 11.5 Å². The van der Waals surface area contributed by atoms with Crippen molar-refractivity contribution in [2.45, 2.75) is 32.7 Å². The Morgan fingerprint density at radius 1 is 1.10 bits per heavy atom. The lowest BCUT2D eigenvalue weighted by Gasteiger charge is -2.22. The van der Waals surface area contributed by atoms with Crippen LogP contribution in [0.15, 0.2) is 47.3 Å². The lowest BCUT2D eigenvalue weighted by molar-refractivity contribution is -0.896. The quantitative estimate of drug-likeness (QED) is 0.678. The summed E-state index contributed by atoms with van der Waals surface area (Å²) in [6.45, 7) is 5.27. The molecule has 1 aliphatic heterocycles. The summed E-state index contributed by atoms with van der Waals surface area (Å²) in [5.41, 5.74) is 3.80. The first-order chi connectivity index (χ1) is 14.5. The maximum Gasteiger partial charge on any atom is 0.275 e. The Balaban J connectivity index is 1.57. The van der Waals surface area contributed by atoms with E-state index in [9.17, 15) is 9.59 Å². The van der Waals surface area contributed by atoms with Gasteiger partial charge in [-0.05, 0) is 49.4 Å². The Labute approximate surface area is 176 Å². The van der Waals surface area contributed by atoms with E-state index < -0.39 is 0 Å². The number of likely N-dealkylation sites (tertiary alicyclic amines) is 1. The summed E-state index contributed by atoms with van der Waals surface area (Å²) in [6, 6.07) is 13.7. The third-order valence-corrected chi connectivity index (χ3v) is 6.03. The SMILES string of the molecule is Cc1ccc(-c2nn(C)c(=O)c3ccccc23)cc1CNC(=O)C[NH+]1CCCCC1. The van der Waals surface area contributed by atoms with E-state index in [1.165, 1.54) is 28.8 Å². The highest BCUT2D eigenvalue weighted by Crippen LogP contribution is 2.26. The van der Waals surface area contributed by atoms with Crippen LogP contribution in [-0.4, -0.2) is 35.3 Å². The summed E-state index contributed by atoms with van der Waals surface area (Å²) in [5.74, 6) is 0.0994. The van der Waals surface area contributed by atoms with Gasteiger partial charge in [-0.3, -0.25) is 9.59 Å². The van der Waals surface area contributed by atoms with Gasteiger partial charge >= 0.3 is 0 Å². The molecule has 3 aromatic rings. The molecular weight excluding hydrogens is 376 g/mol. The van der Waals surface area contributed by atoms with E-state index >= 15 is 0 Å². The number of aryl methyl sites for hydroxylation is 2. The third kappa shape index (κ3) is 4.28. The highest BCUT2D eigenvalue weighted by molar-refractivity contribution is 5.93. The third-order valence-electron chi connectivity index (χ3n) is 6.03. The second-order valence-electron chi connectivity index (χ2n) is 8.23. The summed E-state index contributed by atoms with van der Waals surface area (Å²) in [4.78, 5) is 26.2. The maximum atomic E-state index is 12.4. The van der Waals surface area contributed by atoms with Crippen molar-refractivity contribution in [2.75, 3.05) is 19.6 Å². The second kappa shape index (κ2) is 8.79. The molecule has 1 saturated heterocycles. The van der Waals surface area contributed by atoms with E-state index in [2.05, 4.69) is 16.5 Å².